The van der Waals surface area contributed by atoms with E-state index in [9.17, 15) is 9.59 Å². The molecule has 2 fully saturated rings. The summed E-state index contributed by atoms with van der Waals surface area (Å²) >= 11 is 0. The molecule has 0 aromatic heterocycles. The molecule has 0 bridgehead atoms. The minimum atomic E-state index is -0.173. The number of carbonyl (C=O) groups excluding carboxylic acids is 2. The summed E-state index contributed by atoms with van der Waals surface area (Å²) in [6, 6.07) is 8.13. The summed E-state index contributed by atoms with van der Waals surface area (Å²) in [6.45, 7) is 3.37. The molecule has 1 unspecified atom stereocenters. The van der Waals surface area contributed by atoms with Crippen LogP contribution in [0.4, 0.5) is 4.79 Å². The second-order valence-electron chi connectivity index (χ2n) is 6.60. The summed E-state index contributed by atoms with van der Waals surface area (Å²) in [5.74, 6) is 0.0869. The molecular weight excluding hydrogens is 278 g/mol. The second-order valence-corrected chi connectivity index (χ2v) is 6.60. The number of nitrogens with one attached hydrogen (secondary N) is 2. The van der Waals surface area contributed by atoms with Gasteiger partial charge in [-0.25, -0.2) is 4.79 Å². The molecule has 1 aromatic rings. The maximum Gasteiger partial charge on any atom is 0.315 e. The molecule has 2 N–H and O–H groups in total. The lowest BCUT2D eigenvalue weighted by atomic mass is 9.92. The van der Waals surface area contributed by atoms with Gasteiger partial charge in [0, 0.05) is 32.0 Å². The molecule has 0 radical (unpaired) electrons. The number of hydrogen-bond donors (Lipinski definition) is 2. The third-order valence-electron chi connectivity index (χ3n) is 4.83. The van der Waals surface area contributed by atoms with Crippen LogP contribution in [0.3, 0.4) is 0 Å². The number of carbonyl (C=O) groups is 2. The first kappa shape index (κ1) is 14.9. The van der Waals surface area contributed by atoms with Crippen molar-refractivity contribution in [2.75, 3.05) is 20.1 Å². The van der Waals surface area contributed by atoms with Gasteiger partial charge in [0.15, 0.2) is 0 Å². The average Bonchev–Trinajstić information content (AvgIpc) is 3.20. The zero-order valence-electron chi connectivity index (χ0n) is 13.2. The van der Waals surface area contributed by atoms with Gasteiger partial charge in [0.25, 0.3) is 0 Å². The molecule has 22 heavy (non-hydrogen) atoms. The first-order valence-electron chi connectivity index (χ1n) is 7.85. The highest BCUT2D eigenvalue weighted by Crippen LogP contribution is 2.48. The van der Waals surface area contributed by atoms with Crippen molar-refractivity contribution < 1.29 is 9.59 Å². The molecule has 1 aromatic carbocycles. The topological polar surface area (TPSA) is 61.4 Å². The molecule has 1 saturated heterocycles. The van der Waals surface area contributed by atoms with E-state index in [0.717, 1.165) is 12.8 Å². The Morgan fingerprint density at radius 3 is 2.68 bits per heavy atom. The van der Waals surface area contributed by atoms with Gasteiger partial charge in [-0.1, -0.05) is 24.3 Å². The van der Waals surface area contributed by atoms with Gasteiger partial charge in [0.1, 0.15) is 0 Å². The van der Waals surface area contributed by atoms with Crippen LogP contribution >= 0.6 is 0 Å². The van der Waals surface area contributed by atoms with Crippen molar-refractivity contribution in [3.8, 4) is 0 Å². The number of hydrogen-bond acceptors (Lipinski definition) is 2. The number of urea groups is 1. The zero-order valence-corrected chi connectivity index (χ0v) is 13.2. The molecule has 5 nitrogen and oxygen atoms in total. The zero-order chi connectivity index (χ0) is 15.7. The van der Waals surface area contributed by atoms with Crippen LogP contribution in [0.25, 0.3) is 0 Å². The van der Waals surface area contributed by atoms with Crippen LogP contribution in [0.5, 0.6) is 0 Å². The number of likely N-dealkylation sites (N-methyl/N-ethyl adjacent to an activating group) is 1. The van der Waals surface area contributed by atoms with Crippen molar-refractivity contribution in [1.29, 1.82) is 0 Å². The summed E-state index contributed by atoms with van der Waals surface area (Å²) in [5.41, 5.74) is 2.72. The third-order valence-corrected chi connectivity index (χ3v) is 4.83. The van der Waals surface area contributed by atoms with Gasteiger partial charge in [-0.3, -0.25) is 4.79 Å². The fraction of sp³-hybridized carbons (Fsp3) is 0.529. The van der Waals surface area contributed by atoms with Crippen molar-refractivity contribution in [2.24, 2.45) is 0 Å². The predicted octanol–water partition coefficient (Wildman–Crippen LogP) is 1.56. The van der Waals surface area contributed by atoms with Crippen molar-refractivity contribution >= 4 is 11.9 Å². The first-order chi connectivity index (χ1) is 10.5. The number of rotatable bonds is 4. The molecule has 118 valence electrons. The van der Waals surface area contributed by atoms with E-state index < -0.39 is 0 Å². The van der Waals surface area contributed by atoms with Crippen LogP contribution in [0.15, 0.2) is 24.3 Å². The van der Waals surface area contributed by atoms with E-state index in [2.05, 4.69) is 35.8 Å². The number of likely N-dealkylation sites (tertiary alicyclic amines) is 1. The molecule has 1 heterocycles. The Labute approximate surface area is 131 Å². The fourth-order valence-electron chi connectivity index (χ4n) is 3.31. The fourth-order valence-corrected chi connectivity index (χ4v) is 3.31. The quantitative estimate of drug-likeness (QED) is 0.886. The van der Waals surface area contributed by atoms with Crippen molar-refractivity contribution in [3.05, 3.63) is 35.4 Å². The summed E-state index contributed by atoms with van der Waals surface area (Å²) in [6.07, 6.45) is 2.62. The average molecular weight is 301 g/mol. The minimum absolute atomic E-state index is 0.0777. The molecule has 3 amide bonds. The van der Waals surface area contributed by atoms with Gasteiger partial charge < -0.3 is 15.5 Å². The summed E-state index contributed by atoms with van der Waals surface area (Å²) in [5, 5.41) is 5.88. The van der Waals surface area contributed by atoms with Crippen molar-refractivity contribution in [1.82, 2.24) is 15.5 Å². The van der Waals surface area contributed by atoms with E-state index in [1.54, 1.807) is 11.9 Å². The summed E-state index contributed by atoms with van der Waals surface area (Å²) in [7, 11) is 1.76. The summed E-state index contributed by atoms with van der Waals surface area (Å²) < 4.78 is 0. The molecule has 5 heteroatoms. The second kappa shape index (κ2) is 5.63. The molecule has 2 aliphatic rings. The lowest BCUT2D eigenvalue weighted by Crippen LogP contribution is -2.45. The highest BCUT2D eigenvalue weighted by molar-refractivity contribution is 5.81. The van der Waals surface area contributed by atoms with E-state index >= 15 is 0 Å². The van der Waals surface area contributed by atoms with Crippen LogP contribution in [0.1, 0.15) is 30.4 Å². The van der Waals surface area contributed by atoms with E-state index in [1.807, 2.05) is 6.07 Å². The Balaban J connectivity index is 1.53. The summed E-state index contributed by atoms with van der Waals surface area (Å²) in [4.78, 5) is 25.2. The molecule has 1 aliphatic heterocycles. The van der Waals surface area contributed by atoms with Crippen LogP contribution in [-0.4, -0.2) is 43.0 Å². The van der Waals surface area contributed by atoms with E-state index in [1.165, 1.54) is 11.1 Å². The van der Waals surface area contributed by atoms with E-state index in [-0.39, 0.29) is 23.4 Å². The monoisotopic (exact) mass is 301 g/mol. The van der Waals surface area contributed by atoms with E-state index in [0.29, 0.717) is 19.5 Å². The standard InChI is InChI=1S/C17H23N3O2/c1-12-5-3-4-6-14(12)17(7-8-17)11-18-16(22)19-13-9-15(21)20(2)10-13/h3-6,13H,7-11H2,1-2H3,(H2,18,19,22). The van der Waals surface area contributed by atoms with Crippen LogP contribution < -0.4 is 10.6 Å². The molecule has 1 saturated carbocycles. The van der Waals surface area contributed by atoms with Gasteiger partial charge >= 0.3 is 6.03 Å². The molecule has 1 atom stereocenters. The molecular formula is C17H23N3O2. The highest BCUT2D eigenvalue weighted by Gasteiger charge is 2.45. The Kier molecular flexibility index (Phi) is 3.81. The van der Waals surface area contributed by atoms with Crippen LogP contribution in [-0.2, 0) is 10.2 Å². The van der Waals surface area contributed by atoms with Gasteiger partial charge in [-0.15, -0.1) is 0 Å². The van der Waals surface area contributed by atoms with Gasteiger partial charge in [0.2, 0.25) is 5.91 Å². The third kappa shape index (κ3) is 2.93. The largest absolute Gasteiger partial charge is 0.344 e. The Morgan fingerprint density at radius 2 is 2.09 bits per heavy atom. The lowest BCUT2D eigenvalue weighted by molar-refractivity contribution is -0.126. The maximum atomic E-state index is 12.1. The number of aryl methyl sites for hydroxylation is 1. The maximum absolute atomic E-state index is 12.1. The van der Waals surface area contributed by atoms with Crippen LogP contribution in [0.2, 0.25) is 0 Å². The Hall–Kier alpha value is -2.04. The normalized spacial score (nSPS) is 22.5. The van der Waals surface area contributed by atoms with Gasteiger partial charge in [-0.2, -0.15) is 0 Å². The minimum Gasteiger partial charge on any atom is -0.344 e. The predicted molar refractivity (Wildman–Crippen MR) is 84.7 cm³/mol. The SMILES string of the molecule is Cc1ccccc1C1(CNC(=O)NC2CC(=O)N(C)C2)CC1. The number of nitrogens with zero attached hydrogens (tertiary/aromatic N) is 1. The Bertz CT molecular complexity index is 595. The number of amides is 3. The molecule has 1 aliphatic carbocycles. The smallest absolute Gasteiger partial charge is 0.315 e. The van der Waals surface area contributed by atoms with Gasteiger partial charge in [-0.05, 0) is 30.9 Å². The molecule has 0 spiro atoms. The van der Waals surface area contributed by atoms with Crippen molar-refractivity contribution in [3.63, 3.8) is 0 Å². The van der Waals surface area contributed by atoms with Crippen molar-refractivity contribution in [2.45, 2.75) is 37.6 Å². The first-order valence-corrected chi connectivity index (χ1v) is 7.85. The van der Waals surface area contributed by atoms with Gasteiger partial charge in [0.05, 0.1) is 6.04 Å². The Morgan fingerprint density at radius 1 is 1.36 bits per heavy atom. The highest BCUT2D eigenvalue weighted by atomic mass is 16.2. The van der Waals surface area contributed by atoms with Crippen LogP contribution in [0, 0.1) is 6.92 Å². The lowest BCUT2D eigenvalue weighted by Gasteiger charge is -2.20. The molecule has 3 rings (SSSR count). The number of benzene rings is 1. The van der Waals surface area contributed by atoms with E-state index in [4.69, 9.17) is 0 Å².